The molecule has 2 aromatic carbocycles. The van der Waals surface area contributed by atoms with Gasteiger partial charge in [0, 0.05) is 16.1 Å². The molecule has 3 rings (SSSR count). The van der Waals surface area contributed by atoms with Gasteiger partial charge in [0.2, 0.25) is 0 Å². The summed E-state index contributed by atoms with van der Waals surface area (Å²) in [6.45, 7) is 1.94. The third kappa shape index (κ3) is 2.38. The summed E-state index contributed by atoms with van der Waals surface area (Å²) < 4.78 is 0. The first-order valence-electron chi connectivity index (χ1n) is 7.06. The molecular formula is C18H17ClO. The van der Waals surface area contributed by atoms with E-state index in [-0.39, 0.29) is 5.78 Å². The largest absolute Gasteiger partial charge is 0.289 e. The lowest BCUT2D eigenvalue weighted by Gasteiger charge is -2.27. The molecule has 102 valence electrons. The highest BCUT2D eigenvalue weighted by Crippen LogP contribution is 2.38. The zero-order chi connectivity index (χ0) is 14.1. The van der Waals surface area contributed by atoms with Crippen LogP contribution in [0, 0.1) is 6.92 Å². The number of ketones is 1. The van der Waals surface area contributed by atoms with Crippen LogP contribution in [0.15, 0.2) is 42.5 Å². The number of hydrogen-bond acceptors (Lipinski definition) is 1. The molecule has 1 nitrogen and oxygen atoms in total. The lowest BCUT2D eigenvalue weighted by molar-refractivity contribution is 0.103. The lowest BCUT2D eigenvalue weighted by atomic mass is 9.77. The van der Waals surface area contributed by atoms with Crippen molar-refractivity contribution >= 4 is 17.4 Å². The summed E-state index contributed by atoms with van der Waals surface area (Å²) in [7, 11) is 0. The molecule has 0 heterocycles. The molecule has 0 saturated heterocycles. The molecule has 0 atom stereocenters. The minimum Gasteiger partial charge on any atom is -0.289 e. The van der Waals surface area contributed by atoms with Crippen LogP contribution in [-0.4, -0.2) is 5.78 Å². The number of benzene rings is 2. The average molecular weight is 285 g/mol. The van der Waals surface area contributed by atoms with E-state index in [1.54, 1.807) is 6.07 Å². The van der Waals surface area contributed by atoms with Crippen molar-refractivity contribution in [3.63, 3.8) is 0 Å². The predicted molar refractivity (Wildman–Crippen MR) is 82.7 cm³/mol. The first-order valence-corrected chi connectivity index (χ1v) is 7.44. The van der Waals surface area contributed by atoms with Crippen LogP contribution < -0.4 is 0 Å². The van der Waals surface area contributed by atoms with Gasteiger partial charge in [-0.2, -0.15) is 0 Å². The van der Waals surface area contributed by atoms with E-state index in [0.717, 1.165) is 16.7 Å². The Bertz CT molecular complexity index is 656. The van der Waals surface area contributed by atoms with Gasteiger partial charge >= 0.3 is 0 Å². The summed E-state index contributed by atoms with van der Waals surface area (Å²) in [5.74, 6) is 0.671. The van der Waals surface area contributed by atoms with E-state index < -0.39 is 0 Å². The zero-order valence-electron chi connectivity index (χ0n) is 11.5. The quantitative estimate of drug-likeness (QED) is 0.713. The summed E-state index contributed by atoms with van der Waals surface area (Å²) in [6, 6.07) is 13.5. The minimum atomic E-state index is 0.113. The van der Waals surface area contributed by atoms with Crippen LogP contribution >= 0.6 is 11.6 Å². The number of rotatable bonds is 3. The summed E-state index contributed by atoms with van der Waals surface area (Å²) in [5.41, 5.74) is 3.74. The van der Waals surface area contributed by atoms with Crippen LogP contribution in [0.25, 0.3) is 0 Å². The second-order valence-electron chi connectivity index (χ2n) is 5.50. The van der Waals surface area contributed by atoms with Crippen molar-refractivity contribution in [2.45, 2.75) is 32.1 Å². The minimum absolute atomic E-state index is 0.113. The fourth-order valence-electron chi connectivity index (χ4n) is 2.81. The smallest absolute Gasteiger partial charge is 0.193 e. The molecule has 0 aliphatic heterocycles. The maximum Gasteiger partial charge on any atom is 0.193 e. The van der Waals surface area contributed by atoms with E-state index in [9.17, 15) is 4.79 Å². The molecular weight excluding hydrogens is 268 g/mol. The molecule has 0 aromatic heterocycles. The van der Waals surface area contributed by atoms with Gasteiger partial charge in [-0.15, -0.1) is 0 Å². The summed E-state index contributed by atoms with van der Waals surface area (Å²) in [4.78, 5) is 12.8. The fourth-order valence-corrected chi connectivity index (χ4v) is 3.03. The van der Waals surface area contributed by atoms with Crippen LogP contribution in [0.4, 0.5) is 0 Å². The van der Waals surface area contributed by atoms with Crippen LogP contribution in [0.5, 0.6) is 0 Å². The van der Waals surface area contributed by atoms with Crippen molar-refractivity contribution in [2.24, 2.45) is 0 Å². The van der Waals surface area contributed by atoms with Crippen molar-refractivity contribution in [1.29, 1.82) is 0 Å². The Hall–Kier alpha value is -1.60. The fraction of sp³-hybridized carbons (Fsp3) is 0.278. The first-order chi connectivity index (χ1) is 9.66. The third-order valence-corrected chi connectivity index (χ3v) is 4.42. The van der Waals surface area contributed by atoms with Crippen molar-refractivity contribution in [1.82, 2.24) is 0 Å². The van der Waals surface area contributed by atoms with Crippen molar-refractivity contribution in [2.75, 3.05) is 0 Å². The van der Waals surface area contributed by atoms with E-state index in [0.29, 0.717) is 10.9 Å². The predicted octanol–water partition coefficient (Wildman–Crippen LogP) is 5.15. The standard InChI is InChI=1S/C18H17ClO/c1-12-11-14(19)9-10-15(12)18(20)17-8-3-2-7-16(17)13-5-4-6-13/h2-3,7-11,13H,4-6H2,1H3. The monoisotopic (exact) mass is 284 g/mol. The zero-order valence-corrected chi connectivity index (χ0v) is 12.3. The highest BCUT2D eigenvalue weighted by molar-refractivity contribution is 6.30. The van der Waals surface area contributed by atoms with Gasteiger partial charge in [-0.3, -0.25) is 4.79 Å². The van der Waals surface area contributed by atoms with E-state index in [2.05, 4.69) is 6.07 Å². The van der Waals surface area contributed by atoms with Crippen LogP contribution in [0.3, 0.4) is 0 Å². The molecule has 0 bridgehead atoms. The average Bonchev–Trinajstić information content (AvgIpc) is 2.37. The number of halogens is 1. The Morgan fingerprint density at radius 1 is 1.10 bits per heavy atom. The topological polar surface area (TPSA) is 17.1 Å². The number of carbonyl (C=O) groups excluding carboxylic acids is 1. The van der Waals surface area contributed by atoms with Gasteiger partial charge in [0.05, 0.1) is 0 Å². The molecule has 1 fully saturated rings. The number of hydrogen-bond donors (Lipinski definition) is 0. The first kappa shape index (κ1) is 13.4. The van der Waals surface area contributed by atoms with Gasteiger partial charge in [0.1, 0.15) is 0 Å². The molecule has 0 amide bonds. The van der Waals surface area contributed by atoms with Gasteiger partial charge in [0.15, 0.2) is 5.78 Å². The molecule has 0 spiro atoms. The summed E-state index contributed by atoms with van der Waals surface area (Å²) in [5, 5.41) is 0.673. The lowest BCUT2D eigenvalue weighted by Crippen LogP contribution is -2.14. The maximum absolute atomic E-state index is 12.8. The number of aryl methyl sites for hydroxylation is 1. The van der Waals surface area contributed by atoms with Gasteiger partial charge < -0.3 is 0 Å². The van der Waals surface area contributed by atoms with Crippen molar-refractivity contribution in [3.8, 4) is 0 Å². The molecule has 1 aliphatic carbocycles. The third-order valence-electron chi connectivity index (χ3n) is 4.18. The molecule has 1 aliphatic rings. The Labute approximate surface area is 124 Å². The normalized spacial score (nSPS) is 14.9. The Balaban J connectivity index is 2.02. The van der Waals surface area contributed by atoms with Gasteiger partial charge in [0.25, 0.3) is 0 Å². The van der Waals surface area contributed by atoms with E-state index >= 15 is 0 Å². The Morgan fingerprint density at radius 2 is 1.85 bits per heavy atom. The SMILES string of the molecule is Cc1cc(Cl)ccc1C(=O)c1ccccc1C1CCC1. The van der Waals surface area contributed by atoms with Crippen LogP contribution in [0.2, 0.25) is 5.02 Å². The van der Waals surface area contributed by atoms with Crippen LogP contribution in [0.1, 0.15) is 52.2 Å². The molecule has 2 aromatic rings. The highest BCUT2D eigenvalue weighted by atomic mass is 35.5. The molecule has 0 radical (unpaired) electrons. The van der Waals surface area contributed by atoms with Gasteiger partial charge in [-0.25, -0.2) is 0 Å². The van der Waals surface area contributed by atoms with Crippen molar-refractivity contribution in [3.05, 3.63) is 69.7 Å². The molecule has 1 saturated carbocycles. The molecule has 2 heteroatoms. The van der Waals surface area contributed by atoms with E-state index in [1.165, 1.54) is 24.8 Å². The van der Waals surface area contributed by atoms with Crippen LogP contribution in [-0.2, 0) is 0 Å². The molecule has 0 N–H and O–H groups in total. The highest BCUT2D eigenvalue weighted by Gasteiger charge is 2.25. The second-order valence-corrected chi connectivity index (χ2v) is 5.94. The summed E-state index contributed by atoms with van der Waals surface area (Å²) >= 11 is 5.97. The van der Waals surface area contributed by atoms with E-state index in [1.807, 2.05) is 37.3 Å². The van der Waals surface area contributed by atoms with E-state index in [4.69, 9.17) is 11.6 Å². The Morgan fingerprint density at radius 3 is 2.50 bits per heavy atom. The number of carbonyl (C=O) groups is 1. The molecule has 20 heavy (non-hydrogen) atoms. The maximum atomic E-state index is 12.8. The summed E-state index contributed by atoms with van der Waals surface area (Å²) in [6.07, 6.45) is 3.67. The molecule has 0 unspecified atom stereocenters. The van der Waals surface area contributed by atoms with Gasteiger partial charge in [-0.05, 0) is 55.0 Å². The van der Waals surface area contributed by atoms with Crippen molar-refractivity contribution < 1.29 is 4.79 Å². The Kier molecular flexibility index (Phi) is 3.62. The second kappa shape index (κ2) is 5.41. The van der Waals surface area contributed by atoms with Gasteiger partial charge in [-0.1, -0.05) is 42.3 Å².